The quantitative estimate of drug-likeness (QED) is 0.0458. The first-order valence-corrected chi connectivity index (χ1v) is 17.1. The third kappa shape index (κ3) is 7.06. The van der Waals surface area contributed by atoms with E-state index in [0.717, 1.165) is 10.3 Å². The van der Waals surface area contributed by atoms with Gasteiger partial charge >= 0.3 is 5.97 Å². The molecule has 0 saturated carbocycles. The minimum atomic E-state index is -4.11. The van der Waals surface area contributed by atoms with Gasteiger partial charge in [0.25, 0.3) is 5.91 Å². The van der Waals surface area contributed by atoms with E-state index in [2.05, 4.69) is 11.6 Å². The van der Waals surface area contributed by atoms with Crippen molar-refractivity contribution >= 4 is 60.1 Å². The van der Waals surface area contributed by atoms with Crippen LogP contribution in [0.2, 0.25) is 0 Å². The first kappa shape index (κ1) is 32.2. The van der Waals surface area contributed by atoms with Crippen molar-refractivity contribution in [1.29, 1.82) is 0 Å². The zero-order valence-corrected chi connectivity index (χ0v) is 26.4. The zero-order valence-electron chi connectivity index (χ0n) is 24.0. The van der Waals surface area contributed by atoms with Crippen LogP contribution in [0, 0.1) is 5.82 Å². The molecule has 5 rings (SSSR count). The van der Waals surface area contributed by atoms with Gasteiger partial charge in [-0.1, -0.05) is 67.2 Å². The number of methoxy groups -OCH3 is 1. The van der Waals surface area contributed by atoms with Crippen molar-refractivity contribution in [3.8, 4) is 5.75 Å². The van der Waals surface area contributed by atoms with Gasteiger partial charge in [-0.05, 0) is 52.4 Å². The van der Waals surface area contributed by atoms with Crippen LogP contribution in [0.25, 0.3) is 10.8 Å². The number of halogens is 2. The Balaban J connectivity index is 1.47. The Morgan fingerprint density at radius 1 is 1.07 bits per heavy atom. The van der Waals surface area contributed by atoms with Gasteiger partial charge in [0.15, 0.2) is 12.1 Å². The Morgan fingerprint density at radius 2 is 1.76 bits per heavy atom. The molecule has 0 aromatic heterocycles. The lowest BCUT2D eigenvalue weighted by Gasteiger charge is -2.47. The van der Waals surface area contributed by atoms with Crippen molar-refractivity contribution in [2.45, 2.75) is 29.0 Å². The molecule has 4 aromatic carbocycles. The molecule has 0 aliphatic carbocycles. The molecule has 3 unspecified atom stereocenters. The molecule has 45 heavy (non-hydrogen) atoms. The molecular weight excluding hydrogens is 639 g/mol. The standard InChI is InChI=1S/C33H28ClFN2O6S2/c1-21(18-34)30(33(39)43-20-23-12-16-26(42-2)17-13-23)37-31(38)29(36-19-22-10-14-25(35)15-11-22)32(37)44-45(40,41)28-9-5-7-24-6-3-4-8-27(24)28/h3-17,19,29-30,32H,1,18,20H2,2H3. The highest BCUT2D eigenvalue weighted by Gasteiger charge is 2.55. The van der Waals surface area contributed by atoms with Crippen LogP contribution in [0.3, 0.4) is 0 Å². The Hall–Kier alpha value is -4.19. The fourth-order valence-electron chi connectivity index (χ4n) is 4.80. The number of fused-ring (bicyclic) bond motifs is 1. The Kier molecular flexibility index (Phi) is 9.91. The van der Waals surface area contributed by atoms with Crippen molar-refractivity contribution < 1.29 is 31.9 Å². The number of aliphatic imine (C=N–C) groups is 1. The predicted octanol–water partition coefficient (Wildman–Crippen LogP) is 5.97. The lowest BCUT2D eigenvalue weighted by molar-refractivity contribution is -0.161. The number of carbonyl (C=O) groups is 2. The number of rotatable bonds is 12. The topological polar surface area (TPSA) is 102 Å². The van der Waals surface area contributed by atoms with Crippen molar-refractivity contribution in [1.82, 2.24) is 4.90 Å². The van der Waals surface area contributed by atoms with Gasteiger partial charge in [0.05, 0.1) is 12.0 Å². The SMILES string of the molecule is C=C(CCl)C(C(=O)OCc1ccc(OC)cc1)N1C(=O)C(N=Cc2ccc(F)cc2)C1SS(=O)(=O)c1cccc2ccccc12. The number of ether oxygens (including phenoxy) is 2. The summed E-state index contributed by atoms with van der Waals surface area (Å²) in [6.45, 7) is 3.77. The largest absolute Gasteiger partial charge is 0.497 e. The summed E-state index contributed by atoms with van der Waals surface area (Å²) in [6.07, 6.45) is 1.37. The minimum absolute atomic E-state index is 0.0564. The Bertz CT molecular complexity index is 1860. The molecule has 232 valence electrons. The summed E-state index contributed by atoms with van der Waals surface area (Å²) in [4.78, 5) is 32.7. The normalized spacial score (nSPS) is 17.2. The average molecular weight is 667 g/mol. The first-order valence-electron chi connectivity index (χ1n) is 13.7. The number of benzene rings is 4. The maximum atomic E-state index is 13.9. The Labute approximate surface area is 268 Å². The third-order valence-electron chi connectivity index (χ3n) is 7.15. The third-order valence-corrected chi connectivity index (χ3v) is 11.2. The van der Waals surface area contributed by atoms with Gasteiger partial charge < -0.3 is 14.4 Å². The maximum Gasteiger partial charge on any atom is 0.333 e. The number of amides is 1. The van der Waals surface area contributed by atoms with E-state index >= 15 is 0 Å². The molecule has 1 saturated heterocycles. The van der Waals surface area contributed by atoms with E-state index < -0.39 is 44.0 Å². The van der Waals surface area contributed by atoms with Crippen LogP contribution in [0.4, 0.5) is 4.39 Å². The fraction of sp³-hybridized carbons (Fsp3) is 0.182. The van der Waals surface area contributed by atoms with E-state index in [4.69, 9.17) is 21.1 Å². The molecule has 1 aliphatic heterocycles. The van der Waals surface area contributed by atoms with Crippen molar-refractivity contribution in [2.24, 2.45) is 4.99 Å². The van der Waals surface area contributed by atoms with Crippen LogP contribution < -0.4 is 4.74 Å². The van der Waals surface area contributed by atoms with Gasteiger partial charge in [0.1, 0.15) is 23.5 Å². The van der Waals surface area contributed by atoms with Gasteiger partial charge in [-0.25, -0.2) is 17.6 Å². The summed E-state index contributed by atoms with van der Waals surface area (Å²) in [5, 5.41) is 0.0930. The monoisotopic (exact) mass is 666 g/mol. The van der Waals surface area contributed by atoms with E-state index in [1.54, 1.807) is 60.7 Å². The summed E-state index contributed by atoms with van der Waals surface area (Å²) in [6, 6.07) is 21.7. The van der Waals surface area contributed by atoms with Gasteiger partial charge in [0.2, 0.25) is 8.87 Å². The molecule has 1 amide bonds. The molecule has 4 aromatic rings. The molecule has 0 N–H and O–H groups in total. The number of hydrogen-bond acceptors (Lipinski definition) is 8. The molecule has 0 radical (unpaired) electrons. The number of likely N-dealkylation sites (tertiary alicyclic amines) is 1. The molecule has 12 heteroatoms. The molecule has 0 spiro atoms. The number of nitrogens with zero attached hydrogens (tertiary/aromatic N) is 2. The number of esters is 1. The first-order chi connectivity index (χ1) is 21.6. The van der Waals surface area contributed by atoms with Crippen LogP contribution in [0.5, 0.6) is 5.75 Å². The van der Waals surface area contributed by atoms with Crippen LogP contribution in [0.1, 0.15) is 11.1 Å². The maximum absolute atomic E-state index is 13.9. The molecule has 1 aliphatic rings. The fourth-order valence-corrected chi connectivity index (χ4v) is 8.74. The van der Waals surface area contributed by atoms with Crippen molar-refractivity contribution in [2.75, 3.05) is 13.0 Å². The summed E-state index contributed by atoms with van der Waals surface area (Å²) in [7, 11) is -2.07. The molecule has 0 bridgehead atoms. The summed E-state index contributed by atoms with van der Waals surface area (Å²) < 4.78 is 52.0. The van der Waals surface area contributed by atoms with Gasteiger partial charge in [0, 0.05) is 28.3 Å². The molecular formula is C33H28ClFN2O6S2. The van der Waals surface area contributed by atoms with Crippen LogP contribution >= 0.6 is 22.4 Å². The second-order valence-corrected chi connectivity index (χ2v) is 14.3. The predicted molar refractivity (Wildman–Crippen MR) is 174 cm³/mol. The lowest BCUT2D eigenvalue weighted by atomic mass is 9.99. The minimum Gasteiger partial charge on any atom is -0.497 e. The van der Waals surface area contributed by atoms with E-state index in [-0.39, 0.29) is 23.0 Å². The smallest absolute Gasteiger partial charge is 0.333 e. The van der Waals surface area contributed by atoms with E-state index in [1.165, 1.54) is 43.7 Å². The summed E-state index contributed by atoms with van der Waals surface area (Å²) in [5.74, 6) is -1.44. The lowest BCUT2D eigenvalue weighted by Crippen LogP contribution is -2.68. The van der Waals surface area contributed by atoms with Crippen molar-refractivity contribution in [3.63, 3.8) is 0 Å². The van der Waals surface area contributed by atoms with Crippen LogP contribution in [-0.4, -0.2) is 61.9 Å². The number of hydrogen-bond donors (Lipinski definition) is 0. The highest BCUT2D eigenvalue weighted by molar-refractivity contribution is 8.72. The highest BCUT2D eigenvalue weighted by atomic mass is 35.5. The second-order valence-electron chi connectivity index (χ2n) is 10.1. The van der Waals surface area contributed by atoms with E-state index in [1.807, 2.05) is 0 Å². The zero-order chi connectivity index (χ0) is 32.1. The summed E-state index contributed by atoms with van der Waals surface area (Å²) in [5.41, 5.74) is 1.32. The molecule has 1 fully saturated rings. The molecule has 8 nitrogen and oxygen atoms in total. The number of alkyl halides is 1. The van der Waals surface area contributed by atoms with Crippen molar-refractivity contribution in [3.05, 3.63) is 120 Å². The van der Waals surface area contributed by atoms with Crippen LogP contribution in [0.15, 0.2) is 113 Å². The summed E-state index contributed by atoms with van der Waals surface area (Å²) >= 11 is 6.10. The van der Waals surface area contributed by atoms with Gasteiger partial charge in [-0.2, -0.15) is 0 Å². The van der Waals surface area contributed by atoms with Gasteiger partial charge in [-0.3, -0.25) is 9.79 Å². The number of β-lactam (4-membered cyclic amide) rings is 1. The average Bonchev–Trinajstić information content (AvgIpc) is 3.06. The second kappa shape index (κ2) is 13.8. The number of carbonyl (C=O) groups excluding carboxylic acids is 2. The highest BCUT2D eigenvalue weighted by Crippen LogP contribution is 2.42. The Morgan fingerprint density at radius 3 is 2.44 bits per heavy atom. The molecule has 3 atom stereocenters. The van der Waals surface area contributed by atoms with E-state index in [0.29, 0.717) is 33.1 Å². The molecule has 1 heterocycles. The van der Waals surface area contributed by atoms with Gasteiger partial charge in [-0.15, -0.1) is 11.6 Å². The van der Waals surface area contributed by atoms with Crippen LogP contribution in [-0.2, 0) is 29.8 Å². The van der Waals surface area contributed by atoms with E-state index in [9.17, 15) is 22.4 Å².